The second kappa shape index (κ2) is 4.01. The number of hydrogen-bond acceptors (Lipinski definition) is 3. The van der Waals surface area contributed by atoms with Crippen molar-refractivity contribution in [2.24, 2.45) is 5.73 Å². The summed E-state index contributed by atoms with van der Waals surface area (Å²) in [5.74, 6) is 0.656. The largest absolute Gasteiger partial charge is 0.319 e. The maximum atomic E-state index is 11.9. The third-order valence-corrected chi connectivity index (χ3v) is 3.67. The van der Waals surface area contributed by atoms with Crippen molar-refractivity contribution in [3.8, 4) is 0 Å². The molecule has 1 aliphatic carbocycles. The number of nitrogens with two attached hydrogens (primary N) is 1. The maximum absolute atomic E-state index is 11.9. The number of hydrogen-bond donors (Lipinski definition) is 2. The van der Waals surface area contributed by atoms with Crippen molar-refractivity contribution in [1.82, 2.24) is 9.97 Å². The molecule has 4 heteroatoms. The zero-order chi connectivity index (χ0) is 11.8. The van der Waals surface area contributed by atoms with Crippen LogP contribution in [-0.4, -0.2) is 9.97 Å². The SMILES string of the molecule is CCC(N)(CC)c1nc2c(c(=O)[nH]1)CCC2. The maximum Gasteiger partial charge on any atom is 0.254 e. The molecule has 0 radical (unpaired) electrons. The van der Waals surface area contributed by atoms with E-state index in [1.54, 1.807) is 0 Å². The molecule has 0 fully saturated rings. The second-order valence-corrected chi connectivity index (χ2v) is 4.56. The summed E-state index contributed by atoms with van der Waals surface area (Å²) >= 11 is 0. The molecule has 1 aromatic heterocycles. The van der Waals surface area contributed by atoms with Crippen LogP contribution in [0.1, 0.15) is 50.2 Å². The molecule has 0 amide bonds. The third kappa shape index (κ3) is 1.67. The van der Waals surface area contributed by atoms with E-state index in [2.05, 4.69) is 9.97 Å². The van der Waals surface area contributed by atoms with E-state index in [0.717, 1.165) is 43.4 Å². The number of aromatic amines is 1. The Morgan fingerprint density at radius 2 is 2.06 bits per heavy atom. The quantitative estimate of drug-likeness (QED) is 0.806. The fourth-order valence-corrected chi connectivity index (χ4v) is 2.26. The first kappa shape index (κ1) is 11.3. The molecule has 0 bridgehead atoms. The fraction of sp³-hybridized carbons (Fsp3) is 0.667. The van der Waals surface area contributed by atoms with Gasteiger partial charge in [-0.3, -0.25) is 4.79 Å². The van der Waals surface area contributed by atoms with E-state index >= 15 is 0 Å². The Morgan fingerprint density at radius 1 is 1.38 bits per heavy atom. The van der Waals surface area contributed by atoms with Crippen LogP contribution in [-0.2, 0) is 18.4 Å². The van der Waals surface area contributed by atoms with Crippen molar-refractivity contribution < 1.29 is 0 Å². The Morgan fingerprint density at radius 3 is 2.69 bits per heavy atom. The summed E-state index contributed by atoms with van der Waals surface area (Å²) in [4.78, 5) is 19.3. The Hall–Kier alpha value is -1.16. The van der Waals surface area contributed by atoms with Gasteiger partial charge in [-0.1, -0.05) is 13.8 Å². The highest BCUT2D eigenvalue weighted by molar-refractivity contribution is 5.24. The Kier molecular flexibility index (Phi) is 2.84. The molecule has 1 aliphatic rings. The molecule has 0 unspecified atom stereocenters. The third-order valence-electron chi connectivity index (χ3n) is 3.67. The molecular weight excluding hydrogens is 202 g/mol. The fourth-order valence-electron chi connectivity index (χ4n) is 2.26. The van der Waals surface area contributed by atoms with Crippen LogP contribution in [0.3, 0.4) is 0 Å². The van der Waals surface area contributed by atoms with Gasteiger partial charge in [0.15, 0.2) is 0 Å². The van der Waals surface area contributed by atoms with Crippen LogP contribution in [0, 0.1) is 0 Å². The molecule has 4 nitrogen and oxygen atoms in total. The number of H-pyrrole nitrogens is 1. The summed E-state index contributed by atoms with van der Waals surface area (Å²) in [5, 5.41) is 0. The van der Waals surface area contributed by atoms with Crippen molar-refractivity contribution in [3.63, 3.8) is 0 Å². The van der Waals surface area contributed by atoms with E-state index in [-0.39, 0.29) is 5.56 Å². The summed E-state index contributed by atoms with van der Waals surface area (Å²) in [6, 6.07) is 0. The van der Waals surface area contributed by atoms with E-state index in [9.17, 15) is 4.79 Å². The number of nitrogens with one attached hydrogen (secondary N) is 1. The highest BCUT2D eigenvalue weighted by Crippen LogP contribution is 2.24. The average molecular weight is 221 g/mol. The standard InChI is InChI=1S/C12H19N3O/c1-3-12(13,4-2)11-14-9-7-5-6-8(9)10(16)15-11/h3-7,13H2,1-2H3,(H,14,15,16). The lowest BCUT2D eigenvalue weighted by Crippen LogP contribution is -2.39. The van der Waals surface area contributed by atoms with Gasteiger partial charge in [-0.15, -0.1) is 0 Å². The van der Waals surface area contributed by atoms with Crippen LogP contribution in [0.2, 0.25) is 0 Å². The first-order valence-corrected chi connectivity index (χ1v) is 6.02. The van der Waals surface area contributed by atoms with Gasteiger partial charge in [-0.05, 0) is 32.1 Å². The van der Waals surface area contributed by atoms with E-state index < -0.39 is 5.54 Å². The lowest BCUT2D eigenvalue weighted by atomic mass is 9.93. The Balaban J connectivity index is 2.52. The average Bonchev–Trinajstić information content (AvgIpc) is 2.76. The molecule has 0 saturated heterocycles. The zero-order valence-corrected chi connectivity index (χ0v) is 9.97. The number of rotatable bonds is 3. The van der Waals surface area contributed by atoms with E-state index in [1.807, 2.05) is 13.8 Å². The van der Waals surface area contributed by atoms with Crippen molar-refractivity contribution >= 4 is 0 Å². The van der Waals surface area contributed by atoms with Gasteiger partial charge in [-0.2, -0.15) is 0 Å². The molecule has 2 rings (SSSR count). The van der Waals surface area contributed by atoms with Gasteiger partial charge in [0.1, 0.15) is 5.82 Å². The minimum Gasteiger partial charge on any atom is -0.319 e. The van der Waals surface area contributed by atoms with E-state index in [0.29, 0.717) is 5.82 Å². The normalized spacial score (nSPS) is 15.2. The molecule has 1 aromatic rings. The molecule has 3 N–H and O–H groups in total. The summed E-state index contributed by atoms with van der Waals surface area (Å²) in [6.45, 7) is 4.05. The first-order chi connectivity index (χ1) is 7.60. The summed E-state index contributed by atoms with van der Waals surface area (Å²) < 4.78 is 0. The molecule has 0 aromatic carbocycles. The first-order valence-electron chi connectivity index (χ1n) is 6.02. The molecule has 1 heterocycles. The highest BCUT2D eigenvalue weighted by Gasteiger charge is 2.28. The van der Waals surface area contributed by atoms with Crippen molar-refractivity contribution in [3.05, 3.63) is 27.4 Å². The molecule has 16 heavy (non-hydrogen) atoms. The lowest BCUT2D eigenvalue weighted by molar-refractivity contribution is 0.384. The number of fused-ring (bicyclic) bond motifs is 1. The molecular formula is C12H19N3O. The molecule has 0 spiro atoms. The van der Waals surface area contributed by atoms with Crippen molar-refractivity contribution in [2.75, 3.05) is 0 Å². The van der Waals surface area contributed by atoms with Gasteiger partial charge in [0, 0.05) is 5.56 Å². The Labute approximate surface area is 95.3 Å². The Bertz CT molecular complexity index is 446. The topological polar surface area (TPSA) is 71.8 Å². The van der Waals surface area contributed by atoms with E-state index in [4.69, 9.17) is 5.73 Å². The van der Waals surface area contributed by atoms with Crippen molar-refractivity contribution in [2.45, 2.75) is 51.5 Å². The summed E-state index contributed by atoms with van der Waals surface area (Å²) in [7, 11) is 0. The molecule has 0 saturated carbocycles. The van der Waals surface area contributed by atoms with Crippen LogP contribution in [0.15, 0.2) is 4.79 Å². The molecule has 0 aliphatic heterocycles. The summed E-state index contributed by atoms with van der Waals surface area (Å²) in [6.07, 6.45) is 4.37. The van der Waals surface area contributed by atoms with Gasteiger partial charge >= 0.3 is 0 Å². The molecule has 0 atom stereocenters. The minimum atomic E-state index is -0.489. The zero-order valence-electron chi connectivity index (χ0n) is 9.97. The van der Waals surface area contributed by atoms with Crippen molar-refractivity contribution in [1.29, 1.82) is 0 Å². The smallest absolute Gasteiger partial charge is 0.254 e. The number of aryl methyl sites for hydroxylation is 1. The van der Waals surface area contributed by atoms with Crippen LogP contribution in [0.4, 0.5) is 0 Å². The lowest BCUT2D eigenvalue weighted by Gasteiger charge is -2.25. The predicted octanol–water partition coefficient (Wildman–Crippen LogP) is 1.23. The van der Waals surface area contributed by atoms with Crippen LogP contribution in [0.5, 0.6) is 0 Å². The van der Waals surface area contributed by atoms with Gasteiger partial charge in [0.2, 0.25) is 0 Å². The minimum absolute atomic E-state index is 0.00854. The second-order valence-electron chi connectivity index (χ2n) is 4.56. The van der Waals surface area contributed by atoms with Gasteiger partial charge in [0.25, 0.3) is 5.56 Å². The van der Waals surface area contributed by atoms with Gasteiger partial charge < -0.3 is 10.7 Å². The van der Waals surface area contributed by atoms with E-state index in [1.165, 1.54) is 0 Å². The van der Waals surface area contributed by atoms with Gasteiger partial charge in [-0.25, -0.2) is 4.98 Å². The molecule has 88 valence electrons. The summed E-state index contributed by atoms with van der Waals surface area (Å²) in [5.41, 5.74) is 7.58. The number of aromatic nitrogens is 2. The van der Waals surface area contributed by atoms with Crippen LogP contribution in [0.25, 0.3) is 0 Å². The van der Waals surface area contributed by atoms with Crippen LogP contribution < -0.4 is 11.3 Å². The highest BCUT2D eigenvalue weighted by atomic mass is 16.1. The van der Waals surface area contributed by atoms with Crippen LogP contribution >= 0.6 is 0 Å². The predicted molar refractivity (Wildman–Crippen MR) is 63.3 cm³/mol. The number of nitrogens with zero attached hydrogens (tertiary/aromatic N) is 1. The monoisotopic (exact) mass is 221 g/mol. The van der Waals surface area contributed by atoms with Gasteiger partial charge in [0.05, 0.1) is 11.2 Å².